The van der Waals surface area contributed by atoms with Crippen molar-refractivity contribution in [1.82, 2.24) is 20.1 Å². The molecule has 1 aliphatic rings. The summed E-state index contributed by atoms with van der Waals surface area (Å²) in [4.78, 5) is 18.8. The molecule has 1 amide bonds. The summed E-state index contributed by atoms with van der Waals surface area (Å²) in [5, 5.41) is 10.3. The third kappa shape index (κ3) is 3.09. The van der Waals surface area contributed by atoms with Gasteiger partial charge in [0.1, 0.15) is 11.5 Å². The molecule has 116 valence electrons. The van der Waals surface area contributed by atoms with Gasteiger partial charge in [0, 0.05) is 33.2 Å². The SMILES string of the molecule is Cc1cc(C(=O)Nc2ccc(N3CCNCC3)cn2)n(C)n1. The molecule has 0 saturated carbocycles. The molecule has 0 bridgehead atoms. The second kappa shape index (κ2) is 6.15. The number of hydrogen-bond donors (Lipinski definition) is 2. The fraction of sp³-hybridized carbons (Fsp3) is 0.400. The van der Waals surface area contributed by atoms with Crippen LogP contribution in [0.15, 0.2) is 24.4 Å². The number of hydrogen-bond acceptors (Lipinski definition) is 5. The standard InChI is InChI=1S/C15H20N6O/c1-11-9-13(20(2)19-11)15(22)18-14-4-3-12(10-17-14)21-7-5-16-6-8-21/h3-4,9-10,16H,5-8H2,1-2H3,(H,17,18,22). The van der Waals surface area contributed by atoms with Gasteiger partial charge in [-0.3, -0.25) is 9.48 Å². The summed E-state index contributed by atoms with van der Waals surface area (Å²) in [6, 6.07) is 5.57. The van der Waals surface area contributed by atoms with Crippen molar-refractivity contribution < 1.29 is 4.79 Å². The van der Waals surface area contributed by atoms with Crippen LogP contribution in [0.5, 0.6) is 0 Å². The summed E-state index contributed by atoms with van der Waals surface area (Å²) in [7, 11) is 1.75. The van der Waals surface area contributed by atoms with E-state index in [-0.39, 0.29) is 5.91 Å². The lowest BCUT2D eigenvalue weighted by molar-refractivity contribution is 0.101. The highest BCUT2D eigenvalue weighted by atomic mass is 16.2. The Morgan fingerprint density at radius 2 is 2.09 bits per heavy atom. The maximum Gasteiger partial charge on any atom is 0.275 e. The molecule has 0 aliphatic carbocycles. The molecule has 0 atom stereocenters. The zero-order valence-corrected chi connectivity index (χ0v) is 12.8. The summed E-state index contributed by atoms with van der Waals surface area (Å²) in [5.41, 5.74) is 2.41. The molecule has 7 nitrogen and oxygen atoms in total. The van der Waals surface area contributed by atoms with E-state index < -0.39 is 0 Å². The number of carbonyl (C=O) groups excluding carboxylic acids is 1. The van der Waals surface area contributed by atoms with Crippen LogP contribution in [0.2, 0.25) is 0 Å². The molecule has 1 saturated heterocycles. The lowest BCUT2D eigenvalue weighted by Gasteiger charge is -2.29. The quantitative estimate of drug-likeness (QED) is 0.876. The largest absolute Gasteiger partial charge is 0.368 e. The van der Waals surface area contributed by atoms with Crippen LogP contribution in [0, 0.1) is 6.92 Å². The van der Waals surface area contributed by atoms with Crippen molar-refractivity contribution in [2.45, 2.75) is 6.92 Å². The minimum Gasteiger partial charge on any atom is -0.368 e. The minimum atomic E-state index is -0.203. The molecular formula is C15H20N6O. The first-order chi connectivity index (χ1) is 10.6. The zero-order valence-electron chi connectivity index (χ0n) is 12.8. The van der Waals surface area contributed by atoms with E-state index in [1.165, 1.54) is 0 Å². The number of anilines is 2. The normalized spacial score (nSPS) is 14.9. The van der Waals surface area contributed by atoms with Crippen molar-refractivity contribution in [3.05, 3.63) is 35.8 Å². The summed E-state index contributed by atoms with van der Waals surface area (Å²) < 4.78 is 1.57. The second-order valence-electron chi connectivity index (χ2n) is 5.39. The van der Waals surface area contributed by atoms with Gasteiger partial charge < -0.3 is 15.5 Å². The Labute approximate surface area is 129 Å². The smallest absolute Gasteiger partial charge is 0.275 e. The number of carbonyl (C=O) groups is 1. The van der Waals surface area contributed by atoms with Gasteiger partial charge in [-0.2, -0.15) is 5.10 Å². The second-order valence-corrected chi connectivity index (χ2v) is 5.39. The number of nitrogens with one attached hydrogen (secondary N) is 2. The first kappa shape index (κ1) is 14.5. The monoisotopic (exact) mass is 300 g/mol. The van der Waals surface area contributed by atoms with E-state index in [0.717, 1.165) is 37.6 Å². The van der Waals surface area contributed by atoms with Gasteiger partial charge in [0.25, 0.3) is 5.91 Å². The Morgan fingerprint density at radius 3 is 2.68 bits per heavy atom. The third-order valence-corrected chi connectivity index (χ3v) is 3.71. The average molecular weight is 300 g/mol. The van der Waals surface area contributed by atoms with Gasteiger partial charge in [-0.25, -0.2) is 4.98 Å². The molecule has 2 N–H and O–H groups in total. The number of aryl methyl sites for hydroxylation is 2. The predicted molar refractivity (Wildman–Crippen MR) is 85.2 cm³/mol. The topological polar surface area (TPSA) is 75.1 Å². The summed E-state index contributed by atoms with van der Waals surface area (Å²) in [6.45, 7) is 5.78. The lowest BCUT2D eigenvalue weighted by Crippen LogP contribution is -2.43. The molecule has 0 spiro atoms. The molecular weight excluding hydrogens is 280 g/mol. The Hall–Kier alpha value is -2.41. The highest BCUT2D eigenvalue weighted by Gasteiger charge is 2.14. The van der Waals surface area contributed by atoms with Crippen LogP contribution in [-0.2, 0) is 7.05 Å². The van der Waals surface area contributed by atoms with Gasteiger partial charge in [-0.1, -0.05) is 0 Å². The fourth-order valence-corrected chi connectivity index (χ4v) is 2.57. The Bertz CT molecular complexity index is 657. The Balaban J connectivity index is 1.68. The van der Waals surface area contributed by atoms with Crippen molar-refractivity contribution in [3.8, 4) is 0 Å². The Kier molecular flexibility index (Phi) is 4.06. The van der Waals surface area contributed by atoms with Crippen molar-refractivity contribution in [2.24, 2.45) is 7.05 Å². The van der Waals surface area contributed by atoms with Gasteiger partial charge in [-0.05, 0) is 25.1 Å². The van der Waals surface area contributed by atoms with Crippen molar-refractivity contribution >= 4 is 17.4 Å². The highest BCUT2D eigenvalue weighted by Crippen LogP contribution is 2.16. The van der Waals surface area contributed by atoms with E-state index >= 15 is 0 Å². The molecule has 3 rings (SSSR count). The summed E-state index contributed by atoms with van der Waals surface area (Å²) in [5.74, 6) is 0.341. The van der Waals surface area contributed by atoms with Gasteiger partial charge in [-0.15, -0.1) is 0 Å². The molecule has 2 aromatic rings. The van der Waals surface area contributed by atoms with Crippen LogP contribution in [0.4, 0.5) is 11.5 Å². The van der Waals surface area contributed by atoms with E-state index in [9.17, 15) is 4.79 Å². The molecule has 1 aliphatic heterocycles. The third-order valence-electron chi connectivity index (χ3n) is 3.71. The highest BCUT2D eigenvalue weighted by molar-refractivity contribution is 6.02. The van der Waals surface area contributed by atoms with E-state index in [0.29, 0.717) is 11.5 Å². The fourth-order valence-electron chi connectivity index (χ4n) is 2.57. The first-order valence-electron chi connectivity index (χ1n) is 7.37. The van der Waals surface area contributed by atoms with Crippen LogP contribution >= 0.6 is 0 Å². The molecule has 7 heteroatoms. The molecule has 1 fully saturated rings. The van der Waals surface area contributed by atoms with Gasteiger partial charge >= 0.3 is 0 Å². The minimum absolute atomic E-state index is 0.203. The maximum absolute atomic E-state index is 12.2. The van der Waals surface area contributed by atoms with Gasteiger partial charge in [0.15, 0.2) is 0 Å². The molecule has 0 radical (unpaired) electrons. The maximum atomic E-state index is 12.2. The molecule has 22 heavy (non-hydrogen) atoms. The molecule has 3 heterocycles. The molecule has 0 unspecified atom stereocenters. The van der Waals surface area contributed by atoms with Crippen molar-refractivity contribution in [3.63, 3.8) is 0 Å². The van der Waals surface area contributed by atoms with Crippen LogP contribution in [-0.4, -0.2) is 46.9 Å². The van der Waals surface area contributed by atoms with E-state index in [1.807, 2.05) is 19.1 Å². The first-order valence-corrected chi connectivity index (χ1v) is 7.37. The van der Waals surface area contributed by atoms with Gasteiger partial charge in [0.2, 0.25) is 0 Å². The number of piperazine rings is 1. The number of pyridine rings is 1. The summed E-state index contributed by atoms with van der Waals surface area (Å²) in [6.07, 6.45) is 1.80. The summed E-state index contributed by atoms with van der Waals surface area (Å²) >= 11 is 0. The van der Waals surface area contributed by atoms with E-state index in [4.69, 9.17) is 0 Å². The molecule has 0 aromatic carbocycles. The van der Waals surface area contributed by atoms with Gasteiger partial charge in [0.05, 0.1) is 17.6 Å². The lowest BCUT2D eigenvalue weighted by atomic mass is 10.3. The number of aromatic nitrogens is 3. The number of rotatable bonds is 3. The Morgan fingerprint density at radius 1 is 1.32 bits per heavy atom. The van der Waals surface area contributed by atoms with Crippen molar-refractivity contribution in [1.29, 1.82) is 0 Å². The van der Waals surface area contributed by atoms with Crippen LogP contribution in [0.3, 0.4) is 0 Å². The number of nitrogens with zero attached hydrogens (tertiary/aromatic N) is 4. The van der Waals surface area contributed by atoms with Crippen LogP contribution in [0.25, 0.3) is 0 Å². The van der Waals surface area contributed by atoms with E-state index in [1.54, 1.807) is 24.0 Å². The molecule has 2 aromatic heterocycles. The van der Waals surface area contributed by atoms with Crippen LogP contribution < -0.4 is 15.5 Å². The van der Waals surface area contributed by atoms with Crippen molar-refractivity contribution in [2.75, 3.05) is 36.4 Å². The average Bonchev–Trinajstić information content (AvgIpc) is 2.88. The predicted octanol–water partition coefficient (Wildman–Crippen LogP) is 0.785. The zero-order chi connectivity index (χ0) is 15.5. The number of amides is 1. The van der Waals surface area contributed by atoms with E-state index in [2.05, 4.69) is 25.6 Å². The van der Waals surface area contributed by atoms with Crippen LogP contribution in [0.1, 0.15) is 16.2 Å².